The van der Waals surface area contributed by atoms with Gasteiger partial charge < -0.3 is 4.42 Å². The molecule has 0 atom stereocenters. The van der Waals surface area contributed by atoms with Crippen molar-refractivity contribution in [3.8, 4) is 56.4 Å². The van der Waals surface area contributed by atoms with Gasteiger partial charge in [-0.2, -0.15) is 0 Å². The number of benzene rings is 11. The van der Waals surface area contributed by atoms with Crippen molar-refractivity contribution in [3.05, 3.63) is 218 Å². The van der Waals surface area contributed by atoms with Gasteiger partial charge in [-0.15, -0.1) is 0 Å². The largest absolute Gasteiger partial charge is 0.456 e. The Bertz CT molecular complexity index is 4200. The second kappa shape index (κ2) is 13.9. The van der Waals surface area contributed by atoms with Crippen molar-refractivity contribution in [1.82, 2.24) is 9.97 Å². The summed E-state index contributed by atoms with van der Waals surface area (Å²) in [7, 11) is 0. The van der Waals surface area contributed by atoms with E-state index in [1.54, 1.807) is 0 Å². The van der Waals surface area contributed by atoms with Crippen LogP contribution in [0.5, 0.6) is 0 Å². The third kappa shape index (κ3) is 5.49. The Morgan fingerprint density at radius 2 is 0.785 bits per heavy atom. The van der Waals surface area contributed by atoms with Crippen molar-refractivity contribution in [1.29, 1.82) is 0 Å². The maximum Gasteiger partial charge on any atom is 0.160 e. The van der Waals surface area contributed by atoms with E-state index in [1.807, 2.05) is 36.4 Å². The molecule has 0 unspecified atom stereocenters. The Labute approximate surface area is 373 Å². The van der Waals surface area contributed by atoms with E-state index in [2.05, 4.69) is 182 Å². The molecule has 3 heteroatoms. The van der Waals surface area contributed by atoms with E-state index in [0.29, 0.717) is 5.82 Å². The molecule has 3 nitrogen and oxygen atoms in total. The van der Waals surface area contributed by atoms with E-state index in [-0.39, 0.29) is 0 Å². The lowest BCUT2D eigenvalue weighted by atomic mass is 9.86. The van der Waals surface area contributed by atoms with Crippen LogP contribution in [0.3, 0.4) is 0 Å². The average molecular weight is 825 g/mol. The molecule has 0 N–H and O–H groups in total. The molecule has 14 rings (SSSR count). The number of fused-ring (bicyclic) bond motifs is 4. The third-order valence-corrected chi connectivity index (χ3v) is 13.6. The summed E-state index contributed by atoms with van der Waals surface area (Å²) in [6.45, 7) is 0. The minimum Gasteiger partial charge on any atom is -0.456 e. The predicted octanol–water partition coefficient (Wildman–Crippen LogP) is 17.1. The van der Waals surface area contributed by atoms with E-state index in [0.717, 1.165) is 55.8 Å². The molecule has 0 amide bonds. The van der Waals surface area contributed by atoms with Gasteiger partial charge in [0.15, 0.2) is 5.82 Å². The highest BCUT2D eigenvalue weighted by atomic mass is 16.3. The SMILES string of the molecule is c1ccc(-c2nc(-c3ccccc3-c3cc4ccccc4o3)cc(-c3ccc(-c4cc5ccc6cccc7c8cccc9ccc%10cccc(c(c4)c5c67)c%10c98)c4ccccc34)n2)cc1. The number of furan rings is 1. The van der Waals surface area contributed by atoms with Gasteiger partial charge in [-0.05, 0) is 117 Å². The van der Waals surface area contributed by atoms with Gasteiger partial charge in [0.25, 0.3) is 0 Å². The van der Waals surface area contributed by atoms with E-state index >= 15 is 0 Å². The highest BCUT2D eigenvalue weighted by Gasteiger charge is 2.20. The first-order valence-corrected chi connectivity index (χ1v) is 22.2. The van der Waals surface area contributed by atoms with Gasteiger partial charge in [-0.25, -0.2) is 9.97 Å². The number of rotatable bonds is 5. The molecule has 0 bridgehead atoms. The highest BCUT2D eigenvalue weighted by molar-refractivity contribution is 6.37. The Hall–Kier alpha value is -8.66. The smallest absolute Gasteiger partial charge is 0.160 e. The van der Waals surface area contributed by atoms with Crippen molar-refractivity contribution in [2.45, 2.75) is 0 Å². The van der Waals surface area contributed by atoms with Gasteiger partial charge in [0, 0.05) is 27.6 Å². The first kappa shape index (κ1) is 35.9. The van der Waals surface area contributed by atoms with Crippen molar-refractivity contribution < 1.29 is 4.42 Å². The molecule has 0 saturated heterocycles. The molecule has 65 heavy (non-hydrogen) atoms. The fraction of sp³-hybridized carbons (Fsp3) is 0. The summed E-state index contributed by atoms with van der Waals surface area (Å²) in [5.41, 5.74) is 8.87. The van der Waals surface area contributed by atoms with Gasteiger partial charge >= 0.3 is 0 Å². The number of hydrogen-bond acceptors (Lipinski definition) is 3. The quantitative estimate of drug-likeness (QED) is 0.162. The van der Waals surface area contributed by atoms with Crippen molar-refractivity contribution >= 4 is 86.4 Å². The topological polar surface area (TPSA) is 38.9 Å². The van der Waals surface area contributed by atoms with Crippen LogP contribution in [0.25, 0.3) is 143 Å². The van der Waals surface area contributed by atoms with Crippen LogP contribution >= 0.6 is 0 Å². The Balaban J connectivity index is 1.01. The lowest BCUT2D eigenvalue weighted by Crippen LogP contribution is -1.97. The van der Waals surface area contributed by atoms with E-state index in [1.165, 1.54) is 81.1 Å². The van der Waals surface area contributed by atoms with Crippen LogP contribution < -0.4 is 0 Å². The van der Waals surface area contributed by atoms with Crippen molar-refractivity contribution in [2.24, 2.45) is 0 Å². The molecule has 0 saturated carbocycles. The van der Waals surface area contributed by atoms with Crippen LogP contribution in [0.15, 0.2) is 223 Å². The highest BCUT2D eigenvalue weighted by Crippen LogP contribution is 2.46. The summed E-state index contributed by atoms with van der Waals surface area (Å²) < 4.78 is 6.44. The molecule has 0 spiro atoms. The lowest BCUT2D eigenvalue weighted by molar-refractivity contribution is 0.632. The molecule has 0 aliphatic heterocycles. The maximum atomic E-state index is 6.44. The van der Waals surface area contributed by atoms with Gasteiger partial charge in [0.1, 0.15) is 11.3 Å². The standard InChI is InChI=1S/C62H36N2O/c1-2-13-40(14-3-1)62-63-54(47-21-7-8-22-49(47)57-35-41-15-4-9-26-56(41)65-57)36-55(64-62)48-32-31-44(45-19-5-6-20-46(45)48)43-33-42-30-29-39-17-11-24-51-50-23-10-16-37-27-28-38-18-12-25-52(60(38)58(37)50)53(34-43)61(42)59(39)51/h1-36H. The Morgan fingerprint density at radius 3 is 1.48 bits per heavy atom. The van der Waals surface area contributed by atoms with Crippen LogP contribution in [0.2, 0.25) is 0 Å². The zero-order valence-electron chi connectivity index (χ0n) is 35.1. The average Bonchev–Trinajstić information content (AvgIpc) is 3.81. The number of hydrogen-bond donors (Lipinski definition) is 0. The first-order chi connectivity index (χ1) is 32.2. The fourth-order valence-electron chi connectivity index (χ4n) is 10.7. The van der Waals surface area contributed by atoms with E-state index < -0.39 is 0 Å². The molecule has 0 aliphatic rings. The Morgan fingerprint density at radius 1 is 0.277 bits per heavy atom. The third-order valence-electron chi connectivity index (χ3n) is 13.6. The summed E-state index contributed by atoms with van der Waals surface area (Å²) >= 11 is 0. The molecule has 2 heterocycles. The summed E-state index contributed by atoms with van der Waals surface area (Å²) in [6.07, 6.45) is 0. The second-order valence-corrected chi connectivity index (χ2v) is 17.2. The summed E-state index contributed by atoms with van der Waals surface area (Å²) in [5.74, 6) is 1.48. The van der Waals surface area contributed by atoms with Crippen LogP contribution in [-0.4, -0.2) is 9.97 Å². The van der Waals surface area contributed by atoms with Crippen molar-refractivity contribution in [3.63, 3.8) is 0 Å². The summed E-state index contributed by atoms with van der Waals surface area (Å²) in [5, 5.41) is 18.7. The molecule has 0 radical (unpaired) electrons. The molecule has 300 valence electrons. The molecular weight excluding hydrogens is 789 g/mol. The summed E-state index contributed by atoms with van der Waals surface area (Å²) in [6, 6.07) is 78.8. The Kier molecular flexibility index (Phi) is 7.69. The van der Waals surface area contributed by atoms with Crippen LogP contribution in [0.1, 0.15) is 0 Å². The van der Waals surface area contributed by atoms with E-state index in [9.17, 15) is 0 Å². The lowest BCUT2D eigenvalue weighted by Gasteiger charge is -2.18. The van der Waals surface area contributed by atoms with Gasteiger partial charge in [0.2, 0.25) is 0 Å². The normalized spacial score (nSPS) is 12.0. The summed E-state index contributed by atoms with van der Waals surface area (Å²) in [4.78, 5) is 10.6. The fourth-order valence-corrected chi connectivity index (χ4v) is 10.7. The molecule has 14 aromatic rings. The zero-order valence-corrected chi connectivity index (χ0v) is 35.1. The second-order valence-electron chi connectivity index (χ2n) is 17.2. The van der Waals surface area contributed by atoms with Crippen LogP contribution in [0, 0.1) is 0 Å². The number of aromatic nitrogens is 2. The molecule has 0 fully saturated rings. The van der Waals surface area contributed by atoms with Crippen molar-refractivity contribution in [2.75, 3.05) is 0 Å². The van der Waals surface area contributed by atoms with E-state index in [4.69, 9.17) is 14.4 Å². The molecular formula is C62H36N2O. The number of nitrogens with zero attached hydrogens (tertiary/aromatic N) is 2. The maximum absolute atomic E-state index is 6.44. The zero-order chi connectivity index (χ0) is 42.6. The van der Waals surface area contributed by atoms with Gasteiger partial charge in [0.05, 0.1) is 11.4 Å². The molecule has 12 aromatic carbocycles. The van der Waals surface area contributed by atoms with Gasteiger partial charge in [-0.1, -0.05) is 188 Å². The predicted molar refractivity (Wildman–Crippen MR) is 273 cm³/mol. The first-order valence-electron chi connectivity index (χ1n) is 22.2. The van der Waals surface area contributed by atoms with Crippen LogP contribution in [0.4, 0.5) is 0 Å². The van der Waals surface area contributed by atoms with Gasteiger partial charge in [-0.3, -0.25) is 0 Å². The molecule has 0 aliphatic carbocycles. The monoisotopic (exact) mass is 824 g/mol. The molecule has 2 aromatic heterocycles. The number of para-hydroxylation sites is 1. The minimum absolute atomic E-state index is 0.670. The van der Waals surface area contributed by atoms with Crippen LogP contribution in [-0.2, 0) is 0 Å². The minimum atomic E-state index is 0.670.